The van der Waals surface area contributed by atoms with Crippen LogP contribution in [0.25, 0.3) is 0 Å². The summed E-state index contributed by atoms with van der Waals surface area (Å²) in [5.41, 5.74) is 0. The van der Waals surface area contributed by atoms with Crippen molar-refractivity contribution < 1.29 is 19.5 Å². The summed E-state index contributed by atoms with van der Waals surface area (Å²) in [6.45, 7) is 6.59. The van der Waals surface area contributed by atoms with Crippen LogP contribution < -0.4 is 5.32 Å². The number of amides is 1. The van der Waals surface area contributed by atoms with Crippen molar-refractivity contribution in [1.29, 1.82) is 0 Å². The molecule has 0 aromatic heterocycles. The Morgan fingerprint density at radius 3 is 2.57 bits per heavy atom. The van der Waals surface area contributed by atoms with Gasteiger partial charge < -0.3 is 10.4 Å². The second kappa shape index (κ2) is 5.98. The van der Waals surface area contributed by atoms with Gasteiger partial charge in [-0.2, -0.15) is 0 Å². The summed E-state index contributed by atoms with van der Waals surface area (Å²) in [6, 6.07) is 0. The quantitative estimate of drug-likeness (QED) is 0.465. The van der Waals surface area contributed by atoms with Gasteiger partial charge in [0.15, 0.2) is 0 Å². The van der Waals surface area contributed by atoms with Gasteiger partial charge in [0.25, 0.3) is 0 Å². The van der Waals surface area contributed by atoms with Gasteiger partial charge in [-0.25, -0.2) is 9.86 Å². The van der Waals surface area contributed by atoms with Gasteiger partial charge in [0.2, 0.25) is 12.1 Å². The Balaban J connectivity index is 4.50. The molecule has 0 bridgehead atoms. The SMILES string of the molecule is C=CN(OCC)[C@@H](NC(C)=O)C(=O)O. The monoisotopic (exact) mass is 202 g/mol. The summed E-state index contributed by atoms with van der Waals surface area (Å²) in [6.07, 6.45) is -0.0527. The minimum atomic E-state index is -1.25. The third-order valence-electron chi connectivity index (χ3n) is 1.29. The molecule has 0 aromatic rings. The first-order valence-corrected chi connectivity index (χ1v) is 4.06. The Bertz CT molecular complexity index is 229. The maximum absolute atomic E-state index is 10.7. The molecule has 0 fully saturated rings. The molecule has 1 atom stereocenters. The van der Waals surface area contributed by atoms with Crippen molar-refractivity contribution in [1.82, 2.24) is 10.4 Å². The molecule has 14 heavy (non-hydrogen) atoms. The van der Waals surface area contributed by atoms with Crippen molar-refractivity contribution in [3.63, 3.8) is 0 Å². The lowest BCUT2D eigenvalue weighted by atomic mass is 10.4. The third kappa shape index (κ3) is 3.90. The summed E-state index contributed by atoms with van der Waals surface area (Å²) < 4.78 is 0. The summed E-state index contributed by atoms with van der Waals surface area (Å²) in [4.78, 5) is 26.4. The molecule has 0 rings (SSSR count). The zero-order chi connectivity index (χ0) is 11.1. The van der Waals surface area contributed by atoms with Crippen molar-refractivity contribution >= 4 is 11.9 Å². The fourth-order valence-electron chi connectivity index (χ4n) is 0.808. The Kier molecular flexibility index (Phi) is 5.31. The molecule has 0 aliphatic heterocycles. The van der Waals surface area contributed by atoms with Gasteiger partial charge in [-0.15, -0.1) is 0 Å². The number of nitrogens with one attached hydrogen (secondary N) is 1. The smallest absolute Gasteiger partial charge is 0.349 e. The predicted octanol–water partition coefficient (Wildman–Crippen LogP) is -0.0698. The minimum absolute atomic E-state index is 0.287. The van der Waals surface area contributed by atoms with Crippen LogP contribution in [0.5, 0.6) is 0 Å². The lowest BCUT2D eigenvalue weighted by Gasteiger charge is -2.25. The van der Waals surface area contributed by atoms with Crippen LogP contribution in [-0.2, 0) is 14.4 Å². The van der Waals surface area contributed by atoms with E-state index < -0.39 is 18.0 Å². The van der Waals surface area contributed by atoms with Gasteiger partial charge in [0, 0.05) is 13.1 Å². The summed E-state index contributed by atoms with van der Waals surface area (Å²) >= 11 is 0. The number of nitrogens with zero attached hydrogens (tertiary/aromatic N) is 1. The Labute approximate surface area is 82.1 Å². The van der Waals surface area contributed by atoms with E-state index in [9.17, 15) is 9.59 Å². The maximum atomic E-state index is 10.7. The molecule has 6 heteroatoms. The van der Waals surface area contributed by atoms with E-state index in [1.807, 2.05) is 0 Å². The highest BCUT2D eigenvalue weighted by molar-refractivity contribution is 5.81. The van der Waals surface area contributed by atoms with E-state index in [4.69, 9.17) is 9.94 Å². The molecule has 0 radical (unpaired) electrons. The zero-order valence-corrected chi connectivity index (χ0v) is 8.19. The Morgan fingerprint density at radius 1 is 1.71 bits per heavy atom. The number of hydroxylamine groups is 2. The van der Waals surface area contributed by atoms with Crippen molar-refractivity contribution in [2.24, 2.45) is 0 Å². The highest BCUT2D eigenvalue weighted by atomic mass is 16.7. The van der Waals surface area contributed by atoms with Crippen LogP contribution in [0.15, 0.2) is 12.8 Å². The number of aliphatic carboxylic acids is 1. The number of carbonyl (C=O) groups is 2. The Hall–Kier alpha value is -1.56. The molecule has 0 saturated heterocycles. The largest absolute Gasteiger partial charge is 0.478 e. The third-order valence-corrected chi connectivity index (χ3v) is 1.29. The zero-order valence-electron chi connectivity index (χ0n) is 8.19. The van der Waals surface area contributed by atoms with E-state index in [1.165, 1.54) is 13.1 Å². The predicted molar refractivity (Wildman–Crippen MR) is 48.9 cm³/mol. The van der Waals surface area contributed by atoms with Crippen molar-refractivity contribution in [3.05, 3.63) is 12.8 Å². The van der Waals surface area contributed by atoms with Crippen LogP contribution in [0.4, 0.5) is 0 Å². The highest BCUT2D eigenvalue weighted by Gasteiger charge is 2.24. The summed E-state index contributed by atoms with van der Waals surface area (Å²) in [7, 11) is 0. The van der Waals surface area contributed by atoms with Gasteiger partial charge in [0.05, 0.1) is 6.61 Å². The van der Waals surface area contributed by atoms with Gasteiger partial charge in [-0.05, 0) is 6.92 Å². The number of carboxylic acid groups (broad SMARTS) is 1. The van der Waals surface area contributed by atoms with Crippen LogP contribution in [0.3, 0.4) is 0 Å². The van der Waals surface area contributed by atoms with E-state index >= 15 is 0 Å². The molecule has 0 aromatic carbocycles. The molecule has 1 amide bonds. The number of hydrogen-bond acceptors (Lipinski definition) is 4. The average Bonchev–Trinajstić information content (AvgIpc) is 2.10. The van der Waals surface area contributed by atoms with E-state index in [0.29, 0.717) is 0 Å². The number of carbonyl (C=O) groups excluding carboxylic acids is 1. The van der Waals surface area contributed by atoms with E-state index in [0.717, 1.165) is 5.06 Å². The highest BCUT2D eigenvalue weighted by Crippen LogP contribution is 1.98. The lowest BCUT2D eigenvalue weighted by molar-refractivity contribution is -0.180. The number of hydrogen-bond donors (Lipinski definition) is 2. The first kappa shape index (κ1) is 12.4. The molecule has 0 unspecified atom stereocenters. The summed E-state index contributed by atoms with van der Waals surface area (Å²) in [5.74, 6) is -1.67. The van der Waals surface area contributed by atoms with Crippen LogP contribution in [-0.4, -0.2) is 34.8 Å². The molecule has 0 heterocycles. The molecular weight excluding hydrogens is 188 g/mol. The summed E-state index contributed by atoms with van der Waals surface area (Å²) in [5, 5.41) is 11.9. The van der Waals surface area contributed by atoms with Crippen LogP contribution in [0.2, 0.25) is 0 Å². The lowest BCUT2D eigenvalue weighted by Crippen LogP contribution is -2.50. The number of carboxylic acids is 1. The number of rotatable bonds is 6. The molecule has 0 spiro atoms. The van der Waals surface area contributed by atoms with Crippen LogP contribution in [0.1, 0.15) is 13.8 Å². The van der Waals surface area contributed by atoms with Gasteiger partial charge >= 0.3 is 5.97 Å². The van der Waals surface area contributed by atoms with Crippen molar-refractivity contribution in [3.8, 4) is 0 Å². The van der Waals surface area contributed by atoms with E-state index in [-0.39, 0.29) is 6.61 Å². The minimum Gasteiger partial charge on any atom is -0.478 e. The molecule has 6 nitrogen and oxygen atoms in total. The van der Waals surface area contributed by atoms with Crippen molar-refractivity contribution in [2.45, 2.75) is 20.0 Å². The average molecular weight is 202 g/mol. The van der Waals surface area contributed by atoms with E-state index in [1.54, 1.807) is 6.92 Å². The molecule has 0 aliphatic rings. The molecule has 2 N–H and O–H groups in total. The first-order chi connectivity index (χ1) is 6.52. The molecule has 0 saturated carbocycles. The van der Waals surface area contributed by atoms with Crippen molar-refractivity contribution in [2.75, 3.05) is 6.61 Å². The fraction of sp³-hybridized carbons (Fsp3) is 0.500. The van der Waals surface area contributed by atoms with E-state index in [2.05, 4.69) is 11.9 Å². The molecular formula is C8H14N2O4. The topological polar surface area (TPSA) is 78.9 Å². The molecule has 0 aliphatic carbocycles. The Morgan fingerprint density at radius 2 is 2.29 bits per heavy atom. The van der Waals surface area contributed by atoms with Gasteiger partial charge in [-0.3, -0.25) is 9.63 Å². The normalized spacial score (nSPS) is 11.6. The van der Waals surface area contributed by atoms with Gasteiger partial charge in [-0.1, -0.05) is 6.58 Å². The first-order valence-electron chi connectivity index (χ1n) is 4.06. The maximum Gasteiger partial charge on any atom is 0.349 e. The second-order valence-electron chi connectivity index (χ2n) is 2.40. The van der Waals surface area contributed by atoms with Gasteiger partial charge in [0.1, 0.15) is 0 Å². The van der Waals surface area contributed by atoms with Crippen LogP contribution >= 0.6 is 0 Å². The molecule has 80 valence electrons. The standard InChI is InChI=1S/C8H14N2O4/c1-4-10(14-5-2)7(8(12)13)9-6(3)11/h4,7H,1,5H2,2-3H3,(H,9,11)(H,12,13)/t7-/m1/s1. The fourth-order valence-corrected chi connectivity index (χ4v) is 0.808. The van der Waals surface area contributed by atoms with Crippen LogP contribution in [0, 0.1) is 0 Å². The second-order valence-corrected chi connectivity index (χ2v) is 2.40.